The van der Waals surface area contributed by atoms with E-state index in [1.807, 2.05) is 13.0 Å². The molecule has 30 heavy (non-hydrogen) atoms. The third kappa shape index (κ3) is 5.22. The number of anilines is 1. The van der Waals surface area contributed by atoms with Crippen molar-refractivity contribution in [2.75, 3.05) is 19.0 Å². The normalized spacial score (nSPS) is 10.2. The summed E-state index contributed by atoms with van der Waals surface area (Å²) in [4.78, 5) is 35.8. The number of aromatic nitrogens is 2. The lowest BCUT2D eigenvalue weighted by Gasteiger charge is -2.09. The van der Waals surface area contributed by atoms with Crippen LogP contribution in [0.5, 0.6) is 5.75 Å². The highest BCUT2D eigenvalue weighted by atomic mass is 16.5. The van der Waals surface area contributed by atoms with Gasteiger partial charge in [0.25, 0.3) is 5.91 Å². The Hall–Kier alpha value is -4.14. The molecule has 3 amide bonds. The number of nitrogens with zero attached hydrogens (tertiary/aromatic N) is 2. The number of esters is 1. The molecule has 0 aliphatic rings. The highest BCUT2D eigenvalue weighted by molar-refractivity contribution is 6.02. The Labute approximate surface area is 172 Å². The standard InChI is InChI=1S/C21H20N4O5/c1-14-11-12-22-25(14)17-7-3-15(4-8-17)20(27)30-13-19(26)24-21(28)23-16-5-9-18(29-2)10-6-16/h3-12H,13H2,1-2H3,(H2,23,24,26,28). The van der Waals surface area contributed by atoms with Crippen LogP contribution in [0.15, 0.2) is 60.8 Å². The number of amides is 3. The molecule has 2 aromatic carbocycles. The van der Waals surface area contributed by atoms with E-state index in [2.05, 4.69) is 15.7 Å². The first kappa shape index (κ1) is 20.6. The van der Waals surface area contributed by atoms with Crippen LogP contribution in [0.4, 0.5) is 10.5 Å². The Morgan fingerprint density at radius 3 is 2.30 bits per heavy atom. The summed E-state index contributed by atoms with van der Waals surface area (Å²) in [6.07, 6.45) is 1.68. The largest absolute Gasteiger partial charge is 0.497 e. The van der Waals surface area contributed by atoms with Crippen LogP contribution in [0.1, 0.15) is 16.1 Å². The number of hydrogen-bond acceptors (Lipinski definition) is 6. The predicted octanol–water partition coefficient (Wildman–Crippen LogP) is 2.69. The van der Waals surface area contributed by atoms with Gasteiger partial charge in [0.2, 0.25) is 0 Å². The molecule has 1 heterocycles. The SMILES string of the molecule is COc1ccc(NC(=O)NC(=O)COC(=O)c2ccc(-n3nccc3C)cc2)cc1. The molecule has 0 saturated carbocycles. The van der Waals surface area contributed by atoms with Gasteiger partial charge in [-0.25, -0.2) is 14.3 Å². The minimum Gasteiger partial charge on any atom is -0.497 e. The van der Waals surface area contributed by atoms with Gasteiger partial charge in [0, 0.05) is 17.6 Å². The zero-order chi connectivity index (χ0) is 21.5. The quantitative estimate of drug-likeness (QED) is 0.607. The molecule has 0 bridgehead atoms. The summed E-state index contributed by atoms with van der Waals surface area (Å²) >= 11 is 0. The van der Waals surface area contributed by atoms with Crippen LogP contribution >= 0.6 is 0 Å². The van der Waals surface area contributed by atoms with E-state index >= 15 is 0 Å². The molecule has 0 atom stereocenters. The molecule has 0 fully saturated rings. The van der Waals surface area contributed by atoms with E-state index in [4.69, 9.17) is 9.47 Å². The van der Waals surface area contributed by atoms with Crippen molar-refractivity contribution in [1.82, 2.24) is 15.1 Å². The maximum atomic E-state index is 12.1. The zero-order valence-electron chi connectivity index (χ0n) is 16.4. The molecular formula is C21H20N4O5. The van der Waals surface area contributed by atoms with Gasteiger partial charge < -0.3 is 14.8 Å². The van der Waals surface area contributed by atoms with Crippen LogP contribution in [-0.2, 0) is 9.53 Å². The van der Waals surface area contributed by atoms with Gasteiger partial charge in [-0.15, -0.1) is 0 Å². The fraction of sp³-hybridized carbons (Fsp3) is 0.143. The monoisotopic (exact) mass is 408 g/mol. The molecule has 0 aliphatic heterocycles. The molecule has 0 unspecified atom stereocenters. The van der Waals surface area contributed by atoms with Crippen LogP contribution in [0.2, 0.25) is 0 Å². The topological polar surface area (TPSA) is 112 Å². The third-order valence-electron chi connectivity index (χ3n) is 4.11. The first-order chi connectivity index (χ1) is 14.5. The number of nitrogens with one attached hydrogen (secondary N) is 2. The van der Waals surface area contributed by atoms with Gasteiger partial charge >= 0.3 is 12.0 Å². The fourth-order valence-corrected chi connectivity index (χ4v) is 2.59. The lowest BCUT2D eigenvalue weighted by atomic mass is 10.2. The number of carbonyl (C=O) groups is 3. The second kappa shape index (κ2) is 9.37. The molecule has 0 radical (unpaired) electrons. The number of urea groups is 1. The molecule has 9 nitrogen and oxygen atoms in total. The maximum Gasteiger partial charge on any atom is 0.338 e. The lowest BCUT2D eigenvalue weighted by Crippen LogP contribution is -2.37. The second-order valence-electron chi connectivity index (χ2n) is 6.24. The van der Waals surface area contributed by atoms with E-state index in [1.54, 1.807) is 59.4 Å². The summed E-state index contributed by atoms with van der Waals surface area (Å²) < 4.78 is 11.7. The van der Waals surface area contributed by atoms with E-state index in [-0.39, 0.29) is 5.56 Å². The van der Waals surface area contributed by atoms with Crippen LogP contribution in [-0.4, -0.2) is 41.4 Å². The number of methoxy groups -OCH3 is 1. The van der Waals surface area contributed by atoms with Gasteiger partial charge in [0.15, 0.2) is 6.61 Å². The van der Waals surface area contributed by atoms with Crippen molar-refractivity contribution in [2.24, 2.45) is 0 Å². The van der Waals surface area contributed by atoms with Gasteiger partial charge in [0.1, 0.15) is 5.75 Å². The zero-order valence-corrected chi connectivity index (χ0v) is 16.4. The van der Waals surface area contributed by atoms with Gasteiger partial charge in [-0.05, 0) is 61.5 Å². The minimum atomic E-state index is -0.752. The van der Waals surface area contributed by atoms with Crippen LogP contribution < -0.4 is 15.4 Å². The highest BCUT2D eigenvalue weighted by Gasteiger charge is 2.13. The number of imide groups is 1. The van der Waals surface area contributed by atoms with E-state index < -0.39 is 24.5 Å². The van der Waals surface area contributed by atoms with Crippen molar-refractivity contribution in [2.45, 2.75) is 6.92 Å². The van der Waals surface area contributed by atoms with E-state index in [0.717, 1.165) is 11.4 Å². The molecule has 3 aromatic rings. The number of hydrogen-bond donors (Lipinski definition) is 2. The summed E-state index contributed by atoms with van der Waals surface area (Å²) in [5.74, 6) is -0.792. The Balaban J connectivity index is 1.47. The molecular weight excluding hydrogens is 388 g/mol. The molecule has 2 N–H and O–H groups in total. The number of benzene rings is 2. The summed E-state index contributed by atoms with van der Waals surface area (Å²) in [6.45, 7) is 1.33. The number of rotatable bonds is 6. The fourth-order valence-electron chi connectivity index (χ4n) is 2.59. The first-order valence-electron chi connectivity index (χ1n) is 8.99. The van der Waals surface area contributed by atoms with Crippen LogP contribution in [0, 0.1) is 6.92 Å². The third-order valence-corrected chi connectivity index (χ3v) is 4.11. The average molecular weight is 408 g/mol. The van der Waals surface area contributed by atoms with Crippen molar-refractivity contribution in [3.05, 3.63) is 72.1 Å². The Morgan fingerprint density at radius 2 is 1.70 bits per heavy atom. The van der Waals surface area contributed by atoms with Gasteiger partial charge in [0.05, 0.1) is 18.4 Å². The molecule has 3 rings (SSSR count). The second-order valence-corrected chi connectivity index (χ2v) is 6.24. The summed E-state index contributed by atoms with van der Waals surface area (Å²) in [6, 6.07) is 14.3. The number of aryl methyl sites for hydroxylation is 1. The Bertz CT molecular complexity index is 1040. The number of ether oxygens (including phenoxy) is 2. The summed E-state index contributed by atoms with van der Waals surface area (Å²) in [5, 5.41) is 8.77. The molecule has 0 saturated heterocycles. The Kier molecular flexibility index (Phi) is 6.43. The van der Waals surface area contributed by atoms with Crippen LogP contribution in [0.3, 0.4) is 0 Å². The first-order valence-corrected chi connectivity index (χ1v) is 8.99. The van der Waals surface area contributed by atoms with Crippen molar-refractivity contribution in [3.8, 4) is 11.4 Å². The summed E-state index contributed by atoms with van der Waals surface area (Å²) in [5.41, 5.74) is 2.50. The van der Waals surface area contributed by atoms with E-state index in [1.165, 1.54) is 7.11 Å². The van der Waals surface area contributed by atoms with Crippen molar-refractivity contribution in [1.29, 1.82) is 0 Å². The maximum absolute atomic E-state index is 12.1. The molecule has 1 aromatic heterocycles. The van der Waals surface area contributed by atoms with Crippen LogP contribution in [0.25, 0.3) is 5.69 Å². The van der Waals surface area contributed by atoms with Gasteiger partial charge in [-0.1, -0.05) is 0 Å². The summed E-state index contributed by atoms with van der Waals surface area (Å²) in [7, 11) is 1.53. The predicted molar refractivity (Wildman–Crippen MR) is 109 cm³/mol. The number of carbonyl (C=O) groups excluding carboxylic acids is 3. The van der Waals surface area contributed by atoms with E-state index in [0.29, 0.717) is 11.4 Å². The average Bonchev–Trinajstić information content (AvgIpc) is 3.18. The minimum absolute atomic E-state index is 0.277. The van der Waals surface area contributed by atoms with Gasteiger partial charge in [-0.2, -0.15) is 5.10 Å². The van der Waals surface area contributed by atoms with Crippen molar-refractivity contribution < 1.29 is 23.9 Å². The Morgan fingerprint density at radius 1 is 1.00 bits per heavy atom. The van der Waals surface area contributed by atoms with E-state index in [9.17, 15) is 14.4 Å². The molecule has 9 heteroatoms. The van der Waals surface area contributed by atoms with Crippen molar-refractivity contribution >= 4 is 23.6 Å². The molecule has 0 spiro atoms. The highest BCUT2D eigenvalue weighted by Crippen LogP contribution is 2.15. The van der Waals surface area contributed by atoms with Crippen molar-refractivity contribution in [3.63, 3.8) is 0 Å². The smallest absolute Gasteiger partial charge is 0.338 e. The molecule has 154 valence electrons. The molecule has 0 aliphatic carbocycles. The lowest BCUT2D eigenvalue weighted by molar-refractivity contribution is -0.123. The van der Waals surface area contributed by atoms with Gasteiger partial charge in [-0.3, -0.25) is 10.1 Å².